The molecule has 1 saturated carbocycles. The number of phenolic OH excluding ortho intramolecular Hbond substituents is 1. The molecule has 84 heavy (non-hydrogen) atoms. The van der Waals surface area contributed by atoms with Gasteiger partial charge in [0.25, 0.3) is 5.91 Å². The summed E-state index contributed by atoms with van der Waals surface area (Å²) in [5, 5.41) is 29.8. The van der Waals surface area contributed by atoms with Crippen LogP contribution in [0.1, 0.15) is 169 Å². The number of amides is 2. The van der Waals surface area contributed by atoms with Gasteiger partial charge in [-0.25, -0.2) is 0 Å². The van der Waals surface area contributed by atoms with Crippen molar-refractivity contribution in [2.75, 3.05) is 0 Å². The monoisotopic (exact) mass is 1160 g/mol. The van der Waals surface area contributed by atoms with Crippen molar-refractivity contribution in [2.45, 2.75) is 165 Å². The van der Waals surface area contributed by atoms with Gasteiger partial charge in [-0.05, 0) is 135 Å². The molecule has 6 aromatic rings. The largest absolute Gasteiger partial charge is 0.507 e. The topological polar surface area (TPSA) is 260 Å². The molecule has 3 atom stereocenters. The number of ketones is 1. The van der Waals surface area contributed by atoms with Crippen molar-refractivity contribution in [3.8, 4) is 28.7 Å². The number of phenols is 1. The van der Waals surface area contributed by atoms with Gasteiger partial charge in [-0.1, -0.05) is 135 Å². The van der Waals surface area contributed by atoms with Crippen molar-refractivity contribution in [2.24, 2.45) is 22.9 Å². The third kappa shape index (κ3) is 27.2. The van der Waals surface area contributed by atoms with Crippen LogP contribution in [0, 0.1) is 24.7 Å². The smallest absolute Gasteiger partial charge is 0.290 e. The number of benzene rings is 5. The Morgan fingerprint density at radius 2 is 1.14 bits per heavy atom. The van der Waals surface area contributed by atoms with E-state index >= 15 is 0 Å². The molecule has 0 unspecified atom stereocenters. The maximum atomic E-state index is 13.6. The summed E-state index contributed by atoms with van der Waals surface area (Å²) in [4.78, 5) is 60.4. The van der Waals surface area contributed by atoms with Crippen LogP contribution in [0.5, 0.6) is 28.7 Å². The number of rotatable bonds is 23. The van der Waals surface area contributed by atoms with Crippen LogP contribution in [0.25, 0.3) is 0 Å². The lowest BCUT2D eigenvalue weighted by atomic mass is 9.81. The van der Waals surface area contributed by atoms with Gasteiger partial charge in [0.05, 0.1) is 54.0 Å². The fourth-order valence-corrected chi connectivity index (χ4v) is 8.60. The van der Waals surface area contributed by atoms with Gasteiger partial charge in [-0.3, -0.25) is 24.0 Å². The lowest BCUT2D eigenvalue weighted by Crippen LogP contribution is -2.45. The summed E-state index contributed by atoms with van der Waals surface area (Å²) >= 11 is 0. The lowest BCUT2D eigenvalue weighted by molar-refractivity contribution is -0.132. The molecule has 5 aromatic carbocycles. The molecule has 7 rings (SSSR count). The minimum atomic E-state index is -0.671. The van der Waals surface area contributed by atoms with Crippen LogP contribution in [0.15, 0.2) is 143 Å². The van der Waals surface area contributed by atoms with E-state index in [0.29, 0.717) is 42.0 Å². The fourth-order valence-electron chi connectivity index (χ4n) is 8.60. The maximum Gasteiger partial charge on any atom is 0.290 e. The van der Waals surface area contributed by atoms with Crippen molar-refractivity contribution >= 4 is 36.4 Å². The highest BCUT2D eigenvalue weighted by Crippen LogP contribution is 2.30. The number of aromatic nitrogens is 1. The van der Waals surface area contributed by atoms with Crippen LogP contribution in [0.3, 0.4) is 0 Å². The third-order valence-corrected chi connectivity index (χ3v) is 12.9. The zero-order valence-electron chi connectivity index (χ0n) is 51.0. The molecule has 7 N–H and O–H groups in total. The van der Waals surface area contributed by atoms with E-state index in [0.717, 1.165) is 66.8 Å². The highest BCUT2D eigenvalue weighted by atomic mass is 16.5. The Morgan fingerprint density at radius 1 is 0.655 bits per heavy atom. The van der Waals surface area contributed by atoms with Gasteiger partial charge in [-0.15, -0.1) is 0 Å². The zero-order valence-corrected chi connectivity index (χ0v) is 51.0. The van der Waals surface area contributed by atoms with Crippen molar-refractivity contribution < 1.29 is 57.8 Å². The summed E-state index contributed by atoms with van der Waals surface area (Å²) in [6.45, 7) is 22.1. The summed E-state index contributed by atoms with van der Waals surface area (Å²) in [6, 6.07) is 37.5. The van der Waals surface area contributed by atoms with Gasteiger partial charge in [0.1, 0.15) is 28.7 Å². The van der Waals surface area contributed by atoms with E-state index in [9.17, 15) is 24.0 Å². The molecule has 0 bridgehead atoms. The predicted molar refractivity (Wildman–Crippen MR) is 330 cm³/mol. The molecule has 17 nitrogen and oxygen atoms in total. The van der Waals surface area contributed by atoms with Crippen LogP contribution >= 0.6 is 0 Å². The van der Waals surface area contributed by atoms with E-state index in [4.69, 9.17) is 33.8 Å². The van der Waals surface area contributed by atoms with Gasteiger partial charge in [0.2, 0.25) is 11.7 Å². The van der Waals surface area contributed by atoms with Gasteiger partial charge in [0, 0.05) is 36.1 Å². The normalized spacial score (nSPS) is 12.8. The Labute approximate surface area is 497 Å². The lowest BCUT2D eigenvalue weighted by Gasteiger charge is -2.28. The van der Waals surface area contributed by atoms with Crippen LogP contribution in [-0.2, 0) is 16.1 Å². The van der Waals surface area contributed by atoms with E-state index < -0.39 is 17.9 Å². The number of hydrogen-bond acceptors (Lipinski definition) is 15. The van der Waals surface area contributed by atoms with E-state index in [1.807, 2.05) is 148 Å². The number of nitrogens with zero attached hydrogens (tertiary/aromatic N) is 2. The number of hydrogen-bond donors (Lipinski definition) is 5. The van der Waals surface area contributed by atoms with Crippen LogP contribution in [-0.4, -0.2) is 82.3 Å². The molecule has 1 aromatic heterocycles. The van der Waals surface area contributed by atoms with E-state index in [1.165, 1.54) is 36.5 Å². The first-order chi connectivity index (χ1) is 39.8. The Balaban J connectivity index is 0.000000422. The molecular weight excluding hydrogens is 1070 g/mol. The van der Waals surface area contributed by atoms with Gasteiger partial charge in [-0.2, -0.15) is 0 Å². The predicted octanol–water partition coefficient (Wildman–Crippen LogP) is 14.2. The summed E-state index contributed by atoms with van der Waals surface area (Å²) in [6.07, 6.45) is 11.7. The Kier molecular flexibility index (Phi) is 34.2. The molecule has 0 aliphatic heterocycles. The molecule has 0 radical (unpaired) electrons. The SMILES string of the molecule is CC(C)Oc1ccccc1/C=N/O.CC(C)Oc1ccccc1C=O.CC[C@H](C)[C@H](CC(=O)[C@H](CC1CCCCC1)NC(=O)c1ccno1)C(=O)NCc1ccccc1OC(C)C.Cc1ccccc1OC(C)C.N.O=Cc1ccccc1O. The number of aromatic hydroxyl groups is 1. The molecule has 456 valence electrons. The number of aryl methyl sites for hydroxylation is 1. The molecule has 2 amide bonds. The molecular formula is C67H91N5O12. The maximum absolute atomic E-state index is 13.6. The Hall–Kier alpha value is -8.31. The number of carbonyl (C=O) groups is 5. The fraction of sp³-hybridized carbons (Fsp3) is 0.418. The second-order valence-corrected chi connectivity index (χ2v) is 21.2. The number of aldehydes is 2. The van der Waals surface area contributed by atoms with Crippen molar-refractivity contribution in [3.63, 3.8) is 0 Å². The quantitative estimate of drug-likeness (QED) is 0.0173. The molecule has 1 aliphatic rings. The number of Topliss-reactive ketones (excluding diaryl/α,β-unsaturated/α-hetero) is 1. The minimum Gasteiger partial charge on any atom is -0.507 e. The van der Waals surface area contributed by atoms with Crippen molar-refractivity contribution in [1.29, 1.82) is 0 Å². The van der Waals surface area contributed by atoms with Crippen molar-refractivity contribution in [1.82, 2.24) is 21.9 Å². The first-order valence-electron chi connectivity index (χ1n) is 28.7. The van der Waals surface area contributed by atoms with Gasteiger partial charge < -0.3 is 50.6 Å². The number of nitrogens with one attached hydrogen (secondary N) is 2. The Morgan fingerprint density at radius 3 is 1.65 bits per heavy atom. The highest BCUT2D eigenvalue weighted by Gasteiger charge is 2.33. The first kappa shape index (κ1) is 71.8. The number of ether oxygens (including phenoxy) is 4. The molecule has 1 heterocycles. The van der Waals surface area contributed by atoms with Crippen molar-refractivity contribution in [3.05, 3.63) is 167 Å². The second-order valence-electron chi connectivity index (χ2n) is 21.2. The van der Waals surface area contributed by atoms with Gasteiger partial charge in [0.15, 0.2) is 18.4 Å². The van der Waals surface area contributed by atoms with Crippen LogP contribution < -0.4 is 35.7 Å². The first-order valence-corrected chi connectivity index (χ1v) is 28.7. The molecule has 1 fully saturated rings. The second kappa shape index (κ2) is 40.0. The molecule has 0 saturated heterocycles. The summed E-state index contributed by atoms with van der Waals surface area (Å²) in [7, 11) is 0. The Bertz CT molecular complexity index is 2860. The summed E-state index contributed by atoms with van der Waals surface area (Å²) < 4.78 is 27.3. The molecule has 0 spiro atoms. The number of oxime groups is 1. The standard InChI is InChI=1S/C30H43N3O5.C10H13NO2.C10H12O2.C10H14O.C7H6O2.H3N/c1-5-21(4)24(29(35)31-19-23-13-9-10-14-27(23)37-20(2)3)18-26(34)25(17-22-11-7-6-8-12-22)33-30(36)28-15-16-32-38-28;1-8(2)13-10-6-4-3-5-9(10)7-11-12;1-8(2)12-10-6-4-3-5-9(10)7-11;1-8(2)11-10-7-5-4-6-9(10)3;8-5-6-3-1-2-4-7(6)9;/h9-10,13-16,20-22,24-25H,5-8,11-12,17-19H2,1-4H3,(H,31,35)(H,33,36);3-8,12H,1-2H3;3-8H,1-2H3;4-8H,1-3H3;1-5,9H;1H3/b;11-7+;;;;/t21-,24-,25-;;;;;/m0...../s1. The van der Waals surface area contributed by atoms with Gasteiger partial charge >= 0.3 is 0 Å². The van der Waals surface area contributed by atoms with E-state index in [-0.39, 0.29) is 66.1 Å². The number of para-hydroxylation sites is 5. The van der Waals surface area contributed by atoms with E-state index in [1.54, 1.807) is 30.3 Å². The van der Waals surface area contributed by atoms with Crippen LogP contribution in [0.2, 0.25) is 0 Å². The summed E-state index contributed by atoms with van der Waals surface area (Å²) in [5.41, 5.74) is 3.79. The molecule has 1 aliphatic carbocycles. The molecule has 17 heteroatoms. The summed E-state index contributed by atoms with van der Waals surface area (Å²) in [5.74, 6) is 2.36. The average Bonchev–Trinajstić information content (AvgIpc) is 4.04. The van der Waals surface area contributed by atoms with Crippen LogP contribution in [0.4, 0.5) is 0 Å². The zero-order chi connectivity index (χ0) is 61.1. The highest BCUT2D eigenvalue weighted by molar-refractivity contribution is 5.97. The average molecular weight is 1160 g/mol. The minimum absolute atomic E-state index is 0. The third-order valence-electron chi connectivity index (χ3n) is 12.9. The van der Waals surface area contributed by atoms with E-state index in [2.05, 4.69) is 33.9 Å². The number of carbonyl (C=O) groups excluding carboxylic acids is 5.